The van der Waals surface area contributed by atoms with Crippen molar-refractivity contribution < 1.29 is 9.53 Å². The second kappa shape index (κ2) is 8.84. The highest BCUT2D eigenvalue weighted by Gasteiger charge is 2.32. The number of unbranched alkanes of at least 4 members (excludes halogenated alkanes) is 2. The third kappa shape index (κ3) is 4.31. The molecule has 1 amide bonds. The molecule has 140 valence electrons. The minimum Gasteiger partial charge on any atom is -0.383 e. The minimum atomic E-state index is -0.627. The van der Waals surface area contributed by atoms with E-state index in [0.29, 0.717) is 26.1 Å². The van der Waals surface area contributed by atoms with Gasteiger partial charge in [0.05, 0.1) is 0 Å². The maximum atomic E-state index is 12.9. The molecule has 1 aliphatic heterocycles. The quantitative estimate of drug-likeness (QED) is 0.731. The maximum absolute atomic E-state index is 12.9. The van der Waals surface area contributed by atoms with Crippen molar-refractivity contribution in [2.75, 3.05) is 23.8 Å². The third-order valence-electron chi connectivity index (χ3n) is 4.43. The van der Waals surface area contributed by atoms with E-state index >= 15 is 0 Å². The highest BCUT2D eigenvalue weighted by molar-refractivity contribution is 5.98. The molecule has 1 aromatic heterocycles. The average Bonchev–Trinajstić information content (AvgIpc) is 3.11. The van der Waals surface area contributed by atoms with Crippen LogP contribution in [0.15, 0.2) is 9.59 Å². The van der Waals surface area contributed by atoms with E-state index in [1.165, 1.54) is 9.47 Å². The lowest BCUT2D eigenvalue weighted by Crippen LogP contribution is -2.45. The Labute approximate surface area is 147 Å². The molecular formula is C17H28N4O4. The monoisotopic (exact) mass is 352 g/mol. The summed E-state index contributed by atoms with van der Waals surface area (Å²) in [5, 5.41) is 0. The van der Waals surface area contributed by atoms with E-state index in [1.54, 1.807) is 0 Å². The van der Waals surface area contributed by atoms with E-state index in [9.17, 15) is 14.4 Å². The zero-order chi connectivity index (χ0) is 18.4. The number of carbonyl (C=O) groups is 1. The number of amides is 1. The van der Waals surface area contributed by atoms with Crippen LogP contribution in [0.5, 0.6) is 0 Å². The molecule has 1 atom stereocenters. The second-order valence-corrected chi connectivity index (χ2v) is 6.34. The van der Waals surface area contributed by atoms with Crippen LogP contribution >= 0.6 is 0 Å². The average molecular weight is 352 g/mol. The fraction of sp³-hybridized carbons (Fsp3) is 0.706. The predicted octanol–water partition coefficient (Wildman–Crippen LogP) is 1.23. The first kappa shape index (κ1) is 19.2. The predicted molar refractivity (Wildman–Crippen MR) is 96.9 cm³/mol. The first-order valence-electron chi connectivity index (χ1n) is 9.06. The Hall–Kier alpha value is -2.09. The van der Waals surface area contributed by atoms with Gasteiger partial charge in [-0.1, -0.05) is 26.7 Å². The Balaban J connectivity index is 2.46. The zero-order valence-electron chi connectivity index (χ0n) is 15.0. The number of aromatic amines is 1. The van der Waals surface area contributed by atoms with Crippen molar-refractivity contribution in [2.24, 2.45) is 0 Å². The molecule has 2 heterocycles. The van der Waals surface area contributed by atoms with E-state index in [2.05, 4.69) is 4.98 Å². The molecule has 0 spiro atoms. The molecule has 0 aromatic carbocycles. The van der Waals surface area contributed by atoms with Crippen molar-refractivity contribution in [2.45, 2.75) is 65.0 Å². The van der Waals surface area contributed by atoms with Gasteiger partial charge in [0.1, 0.15) is 11.9 Å². The molecular weight excluding hydrogens is 324 g/mol. The molecule has 0 bridgehead atoms. The number of H-pyrrole nitrogens is 1. The van der Waals surface area contributed by atoms with Crippen molar-refractivity contribution in [1.82, 2.24) is 9.55 Å². The molecule has 2 rings (SSSR count). The number of nitrogens with one attached hydrogen (secondary N) is 1. The molecule has 8 nitrogen and oxygen atoms in total. The number of rotatable bonds is 8. The number of hydrogen-bond acceptors (Lipinski definition) is 5. The Bertz CT molecular complexity index is 704. The molecule has 25 heavy (non-hydrogen) atoms. The van der Waals surface area contributed by atoms with Gasteiger partial charge >= 0.3 is 5.69 Å². The summed E-state index contributed by atoms with van der Waals surface area (Å²) in [7, 11) is 0. The van der Waals surface area contributed by atoms with Crippen LogP contribution in [-0.4, -0.2) is 34.7 Å². The number of ether oxygens (including phenoxy) is 1. The summed E-state index contributed by atoms with van der Waals surface area (Å²) < 4.78 is 6.82. The SMILES string of the molecule is CCCCN(C(=O)C1CCCO1)c1c(N)n(CCCC)c(=O)[nH]c1=O. The molecule has 3 N–H and O–H groups in total. The van der Waals surface area contributed by atoms with Crippen LogP contribution in [0.2, 0.25) is 0 Å². The Morgan fingerprint density at radius 3 is 2.64 bits per heavy atom. The van der Waals surface area contributed by atoms with Gasteiger partial charge in [-0.2, -0.15) is 0 Å². The van der Waals surface area contributed by atoms with Gasteiger partial charge in [0.2, 0.25) is 0 Å². The van der Waals surface area contributed by atoms with E-state index in [-0.39, 0.29) is 17.4 Å². The number of anilines is 2. The molecule has 1 unspecified atom stereocenters. The van der Waals surface area contributed by atoms with Crippen LogP contribution in [0.1, 0.15) is 52.4 Å². The molecule has 1 aromatic rings. The summed E-state index contributed by atoms with van der Waals surface area (Å²) in [4.78, 5) is 41.1. The second-order valence-electron chi connectivity index (χ2n) is 6.34. The van der Waals surface area contributed by atoms with Crippen LogP contribution in [0, 0.1) is 0 Å². The van der Waals surface area contributed by atoms with E-state index < -0.39 is 17.4 Å². The lowest BCUT2D eigenvalue weighted by Gasteiger charge is -2.26. The summed E-state index contributed by atoms with van der Waals surface area (Å²) in [6, 6.07) is 0. The highest BCUT2D eigenvalue weighted by atomic mass is 16.5. The molecule has 1 aliphatic rings. The summed E-state index contributed by atoms with van der Waals surface area (Å²) in [6.07, 6.45) is 4.13. The first-order valence-corrected chi connectivity index (χ1v) is 9.06. The molecule has 0 saturated carbocycles. The van der Waals surface area contributed by atoms with Crippen molar-refractivity contribution in [3.63, 3.8) is 0 Å². The van der Waals surface area contributed by atoms with Crippen LogP contribution in [0.3, 0.4) is 0 Å². The summed E-state index contributed by atoms with van der Waals surface area (Å²) in [5.74, 6) is -0.214. The fourth-order valence-corrected chi connectivity index (χ4v) is 2.97. The highest BCUT2D eigenvalue weighted by Crippen LogP contribution is 2.22. The van der Waals surface area contributed by atoms with Crippen LogP contribution in [0.4, 0.5) is 11.5 Å². The number of aromatic nitrogens is 2. The number of nitrogen functional groups attached to an aromatic ring is 1. The standard InChI is InChI=1S/C17H28N4O4/c1-3-5-9-20(16(23)12-8-7-11-25-12)13-14(18)21(10-6-4-2)17(24)19-15(13)22/h12H,3-11,18H2,1-2H3,(H,19,22,24). The Kier molecular flexibility index (Phi) is 6.81. The number of carbonyl (C=O) groups excluding carboxylic acids is 1. The molecule has 8 heteroatoms. The molecule has 1 saturated heterocycles. The minimum absolute atomic E-state index is 0.0460. The van der Waals surface area contributed by atoms with Crippen LogP contribution < -0.4 is 21.9 Å². The zero-order valence-corrected chi connectivity index (χ0v) is 15.0. The fourth-order valence-electron chi connectivity index (χ4n) is 2.97. The van der Waals surface area contributed by atoms with Crippen LogP contribution in [-0.2, 0) is 16.1 Å². The van der Waals surface area contributed by atoms with E-state index in [4.69, 9.17) is 10.5 Å². The molecule has 1 fully saturated rings. The van der Waals surface area contributed by atoms with Gasteiger partial charge < -0.3 is 15.4 Å². The topological polar surface area (TPSA) is 110 Å². The third-order valence-corrected chi connectivity index (χ3v) is 4.43. The number of hydrogen-bond donors (Lipinski definition) is 2. The normalized spacial score (nSPS) is 17.0. The van der Waals surface area contributed by atoms with Gasteiger partial charge in [0, 0.05) is 19.7 Å². The van der Waals surface area contributed by atoms with Crippen molar-refractivity contribution >= 4 is 17.4 Å². The van der Waals surface area contributed by atoms with Gasteiger partial charge in [-0.05, 0) is 25.7 Å². The van der Waals surface area contributed by atoms with Gasteiger partial charge in [0.25, 0.3) is 11.5 Å². The van der Waals surface area contributed by atoms with Crippen molar-refractivity contribution in [1.29, 1.82) is 0 Å². The molecule has 0 radical (unpaired) electrons. The molecule has 0 aliphatic carbocycles. The van der Waals surface area contributed by atoms with Gasteiger partial charge in [-0.15, -0.1) is 0 Å². The first-order chi connectivity index (χ1) is 12.0. The van der Waals surface area contributed by atoms with Gasteiger partial charge in [0.15, 0.2) is 5.69 Å². The van der Waals surface area contributed by atoms with Crippen molar-refractivity contribution in [3.8, 4) is 0 Å². The number of nitrogens with zero attached hydrogens (tertiary/aromatic N) is 2. The smallest absolute Gasteiger partial charge is 0.330 e. The Morgan fingerprint density at radius 2 is 2.04 bits per heavy atom. The van der Waals surface area contributed by atoms with E-state index in [0.717, 1.165) is 32.1 Å². The summed E-state index contributed by atoms with van der Waals surface area (Å²) >= 11 is 0. The van der Waals surface area contributed by atoms with E-state index in [1.807, 2.05) is 13.8 Å². The van der Waals surface area contributed by atoms with Gasteiger partial charge in [-0.25, -0.2) is 4.79 Å². The lowest BCUT2D eigenvalue weighted by atomic mass is 10.2. The van der Waals surface area contributed by atoms with Gasteiger partial charge in [-0.3, -0.25) is 19.1 Å². The maximum Gasteiger partial charge on any atom is 0.330 e. The van der Waals surface area contributed by atoms with Crippen LogP contribution in [0.25, 0.3) is 0 Å². The van der Waals surface area contributed by atoms with Crippen molar-refractivity contribution in [3.05, 3.63) is 20.8 Å². The number of nitrogens with two attached hydrogens (primary N) is 1. The largest absolute Gasteiger partial charge is 0.383 e. The summed E-state index contributed by atoms with van der Waals surface area (Å²) in [5.41, 5.74) is 5.03. The Morgan fingerprint density at radius 1 is 1.32 bits per heavy atom. The lowest BCUT2D eigenvalue weighted by molar-refractivity contribution is -0.127. The summed E-state index contributed by atoms with van der Waals surface area (Å²) in [6.45, 7) is 5.32.